The molecule has 1 aliphatic rings. The first-order chi connectivity index (χ1) is 8.04. The van der Waals surface area contributed by atoms with E-state index >= 15 is 0 Å². The molecule has 0 spiro atoms. The fourth-order valence-electron chi connectivity index (χ4n) is 1.74. The Bertz CT molecular complexity index is 326. The molecule has 2 amide bonds. The van der Waals surface area contributed by atoms with E-state index in [1.54, 1.807) is 4.90 Å². The highest BCUT2D eigenvalue weighted by molar-refractivity contribution is 5.82. The van der Waals surface area contributed by atoms with Crippen LogP contribution in [0.4, 0.5) is 4.79 Å². The molecule has 1 aliphatic heterocycles. The number of carboxylic acids is 1. The summed E-state index contributed by atoms with van der Waals surface area (Å²) >= 11 is 0. The minimum Gasteiger partial charge on any atom is -0.480 e. The van der Waals surface area contributed by atoms with Gasteiger partial charge in [0.05, 0.1) is 0 Å². The first-order valence-corrected chi connectivity index (χ1v) is 5.98. The fourth-order valence-corrected chi connectivity index (χ4v) is 1.74. The number of rotatable bonds is 4. The van der Waals surface area contributed by atoms with Gasteiger partial charge >= 0.3 is 12.0 Å². The minimum atomic E-state index is -0.969. The zero-order valence-electron chi connectivity index (χ0n) is 10.4. The maximum atomic E-state index is 11.8. The molecule has 0 bridgehead atoms. The van der Waals surface area contributed by atoms with E-state index in [0.717, 1.165) is 12.8 Å². The van der Waals surface area contributed by atoms with Crippen molar-refractivity contribution >= 4 is 12.0 Å². The molecule has 0 aromatic carbocycles. The summed E-state index contributed by atoms with van der Waals surface area (Å²) in [6, 6.07) is -1.06. The van der Waals surface area contributed by atoms with Crippen LogP contribution in [-0.2, 0) is 4.79 Å². The van der Waals surface area contributed by atoms with E-state index in [9.17, 15) is 9.59 Å². The average molecular weight is 240 g/mol. The van der Waals surface area contributed by atoms with Gasteiger partial charge in [-0.05, 0) is 19.8 Å². The van der Waals surface area contributed by atoms with E-state index in [0.29, 0.717) is 19.5 Å². The first-order valence-electron chi connectivity index (χ1n) is 5.98. The Morgan fingerprint density at radius 2 is 2.29 bits per heavy atom. The first kappa shape index (κ1) is 13.5. The molecule has 1 heterocycles. The third kappa shape index (κ3) is 4.09. The van der Waals surface area contributed by atoms with Gasteiger partial charge in [-0.1, -0.05) is 25.0 Å². The molecule has 0 unspecified atom stereocenters. The molecule has 5 nitrogen and oxygen atoms in total. The van der Waals surface area contributed by atoms with E-state index in [1.807, 2.05) is 19.9 Å². The standard InChI is InChI=1S/C12H20N2O3/c1-3-4-10(11(15)16)13-12(17)14-7-5-9(2)6-8-14/h5,10H,3-4,6-8H2,1-2H3,(H,13,17)(H,15,16)/t10-/m0/s1. The highest BCUT2D eigenvalue weighted by atomic mass is 16.4. The van der Waals surface area contributed by atoms with Crippen LogP contribution in [0.2, 0.25) is 0 Å². The molecule has 0 aliphatic carbocycles. The number of urea groups is 1. The monoisotopic (exact) mass is 240 g/mol. The van der Waals surface area contributed by atoms with Crippen LogP contribution in [0.15, 0.2) is 11.6 Å². The van der Waals surface area contributed by atoms with Crippen LogP contribution in [0.25, 0.3) is 0 Å². The summed E-state index contributed by atoms with van der Waals surface area (Å²) in [5.41, 5.74) is 1.28. The smallest absolute Gasteiger partial charge is 0.326 e. The summed E-state index contributed by atoms with van der Waals surface area (Å²) in [5.74, 6) is -0.969. The molecular weight excluding hydrogens is 220 g/mol. The van der Waals surface area contributed by atoms with Gasteiger partial charge in [0.1, 0.15) is 6.04 Å². The Balaban J connectivity index is 2.50. The second-order valence-electron chi connectivity index (χ2n) is 4.38. The predicted molar refractivity (Wildman–Crippen MR) is 64.8 cm³/mol. The lowest BCUT2D eigenvalue weighted by Crippen LogP contribution is -2.49. The topological polar surface area (TPSA) is 69.6 Å². The molecule has 0 fully saturated rings. The number of nitrogens with zero attached hydrogens (tertiary/aromatic N) is 1. The normalized spacial score (nSPS) is 17.3. The van der Waals surface area contributed by atoms with Gasteiger partial charge in [0.25, 0.3) is 0 Å². The molecule has 0 radical (unpaired) electrons. The van der Waals surface area contributed by atoms with Crippen molar-refractivity contribution < 1.29 is 14.7 Å². The van der Waals surface area contributed by atoms with Crippen LogP contribution in [0, 0.1) is 0 Å². The maximum Gasteiger partial charge on any atom is 0.326 e. The van der Waals surface area contributed by atoms with Crippen molar-refractivity contribution in [1.29, 1.82) is 0 Å². The third-order valence-electron chi connectivity index (χ3n) is 2.90. The van der Waals surface area contributed by atoms with Crippen molar-refractivity contribution in [1.82, 2.24) is 10.2 Å². The van der Waals surface area contributed by atoms with Gasteiger partial charge in [0.2, 0.25) is 0 Å². The van der Waals surface area contributed by atoms with Gasteiger partial charge in [-0.25, -0.2) is 9.59 Å². The number of carbonyl (C=O) groups excluding carboxylic acids is 1. The molecule has 1 atom stereocenters. The molecule has 96 valence electrons. The van der Waals surface area contributed by atoms with Crippen LogP contribution in [-0.4, -0.2) is 41.1 Å². The van der Waals surface area contributed by atoms with E-state index in [1.165, 1.54) is 5.57 Å². The number of aliphatic carboxylic acids is 1. The Morgan fingerprint density at radius 1 is 1.59 bits per heavy atom. The van der Waals surface area contributed by atoms with Gasteiger partial charge < -0.3 is 15.3 Å². The second-order valence-corrected chi connectivity index (χ2v) is 4.38. The molecule has 2 N–H and O–H groups in total. The van der Waals surface area contributed by atoms with E-state index in [2.05, 4.69) is 5.32 Å². The van der Waals surface area contributed by atoms with Crippen molar-refractivity contribution in [3.05, 3.63) is 11.6 Å². The molecular formula is C12H20N2O3. The van der Waals surface area contributed by atoms with Crippen molar-refractivity contribution in [3.63, 3.8) is 0 Å². The Labute approximate surface area is 101 Å². The molecule has 5 heteroatoms. The highest BCUT2D eigenvalue weighted by Crippen LogP contribution is 2.10. The molecule has 0 saturated carbocycles. The van der Waals surface area contributed by atoms with Gasteiger partial charge in [-0.15, -0.1) is 0 Å². The minimum absolute atomic E-state index is 0.283. The SMILES string of the molecule is CCC[C@H](NC(=O)N1CC=C(C)CC1)C(=O)O. The van der Waals surface area contributed by atoms with Crippen LogP contribution in [0.3, 0.4) is 0 Å². The number of carbonyl (C=O) groups is 2. The van der Waals surface area contributed by atoms with Crippen molar-refractivity contribution in [3.8, 4) is 0 Å². The van der Waals surface area contributed by atoms with Crippen molar-refractivity contribution in [2.45, 2.75) is 39.2 Å². The Kier molecular flexibility index (Phi) is 5.00. The number of hydrogen-bond acceptors (Lipinski definition) is 2. The summed E-state index contributed by atoms with van der Waals surface area (Å²) in [5, 5.41) is 11.5. The largest absolute Gasteiger partial charge is 0.480 e. The lowest BCUT2D eigenvalue weighted by molar-refractivity contribution is -0.139. The molecule has 0 aromatic heterocycles. The van der Waals surface area contributed by atoms with Gasteiger partial charge in [0, 0.05) is 13.1 Å². The average Bonchev–Trinajstić information content (AvgIpc) is 2.29. The van der Waals surface area contributed by atoms with Crippen molar-refractivity contribution in [2.24, 2.45) is 0 Å². The molecule has 17 heavy (non-hydrogen) atoms. The van der Waals surface area contributed by atoms with Crippen LogP contribution >= 0.6 is 0 Å². The summed E-state index contributed by atoms with van der Waals surface area (Å²) in [6.45, 7) is 5.16. The number of amides is 2. The lowest BCUT2D eigenvalue weighted by atomic mass is 10.1. The van der Waals surface area contributed by atoms with E-state index < -0.39 is 12.0 Å². The van der Waals surface area contributed by atoms with Gasteiger partial charge in [-0.3, -0.25) is 0 Å². The quantitative estimate of drug-likeness (QED) is 0.733. The maximum absolute atomic E-state index is 11.8. The highest BCUT2D eigenvalue weighted by Gasteiger charge is 2.22. The molecule has 1 rings (SSSR count). The number of hydrogen-bond donors (Lipinski definition) is 2. The zero-order valence-corrected chi connectivity index (χ0v) is 10.4. The Morgan fingerprint density at radius 3 is 2.76 bits per heavy atom. The molecule has 0 aromatic rings. The van der Waals surface area contributed by atoms with Gasteiger partial charge in [-0.2, -0.15) is 0 Å². The van der Waals surface area contributed by atoms with Crippen LogP contribution in [0.5, 0.6) is 0 Å². The number of nitrogens with one attached hydrogen (secondary N) is 1. The van der Waals surface area contributed by atoms with Crippen LogP contribution < -0.4 is 5.32 Å². The summed E-state index contributed by atoms with van der Waals surface area (Å²) < 4.78 is 0. The predicted octanol–water partition coefficient (Wildman–Crippen LogP) is 1.60. The zero-order chi connectivity index (χ0) is 12.8. The molecule has 0 saturated heterocycles. The summed E-state index contributed by atoms with van der Waals surface area (Å²) in [7, 11) is 0. The summed E-state index contributed by atoms with van der Waals surface area (Å²) in [4.78, 5) is 24.4. The van der Waals surface area contributed by atoms with E-state index in [4.69, 9.17) is 5.11 Å². The Hall–Kier alpha value is -1.52. The summed E-state index contributed by atoms with van der Waals surface area (Å²) in [6.07, 6.45) is 4.05. The van der Waals surface area contributed by atoms with Crippen LogP contribution in [0.1, 0.15) is 33.1 Å². The lowest BCUT2D eigenvalue weighted by Gasteiger charge is -2.27. The van der Waals surface area contributed by atoms with Gasteiger partial charge in [0.15, 0.2) is 0 Å². The third-order valence-corrected chi connectivity index (χ3v) is 2.90. The fraction of sp³-hybridized carbons (Fsp3) is 0.667. The second kappa shape index (κ2) is 6.27. The number of carboxylic acid groups (broad SMARTS) is 1. The van der Waals surface area contributed by atoms with E-state index in [-0.39, 0.29) is 6.03 Å². The van der Waals surface area contributed by atoms with Crippen molar-refractivity contribution in [2.75, 3.05) is 13.1 Å².